The fraction of sp³-hybridized carbons (Fsp3) is 0.0577. The molecule has 0 radical (unpaired) electrons. The molecule has 0 amide bonds. The van der Waals surface area contributed by atoms with E-state index in [0.29, 0.717) is 5.89 Å². The van der Waals surface area contributed by atoms with Crippen molar-refractivity contribution in [1.29, 1.82) is 0 Å². The lowest BCUT2D eigenvalue weighted by molar-refractivity contribution is 0.623. The number of hydrogen-bond donors (Lipinski definition) is 0. The summed E-state index contributed by atoms with van der Waals surface area (Å²) >= 11 is 1.86. The van der Waals surface area contributed by atoms with Crippen LogP contribution in [0.1, 0.15) is 25.0 Å². The minimum Gasteiger partial charge on any atom is -0.435 e. The number of benzene rings is 8. The van der Waals surface area contributed by atoms with Crippen molar-refractivity contribution >= 4 is 97.8 Å². The average Bonchev–Trinajstić information content (AvgIpc) is 4.05. The van der Waals surface area contributed by atoms with E-state index in [4.69, 9.17) is 9.40 Å². The van der Waals surface area contributed by atoms with E-state index < -0.39 is 0 Å². The molecule has 0 saturated heterocycles. The van der Waals surface area contributed by atoms with Crippen LogP contribution in [0.5, 0.6) is 0 Å². The number of hydrogen-bond acceptors (Lipinski definition) is 4. The SMILES string of the molecule is CC1(C)c2ccccc2-c2ccc(N(c3ccc4c(c3)sc3ccccc34)c3ccc4c(c3)c3c5oc(-c6ccccc6)nc5cc5c6ccccc6n4c53)cc21. The van der Waals surface area contributed by atoms with E-state index in [1.165, 1.54) is 64.2 Å². The molecule has 0 atom stereocenters. The number of nitrogens with zero attached hydrogens (tertiary/aromatic N) is 3. The molecule has 1 aliphatic rings. The Labute approximate surface area is 331 Å². The second kappa shape index (κ2) is 11.1. The molecule has 4 heterocycles. The van der Waals surface area contributed by atoms with Crippen molar-refractivity contribution in [2.24, 2.45) is 0 Å². The van der Waals surface area contributed by atoms with Gasteiger partial charge in [-0.25, -0.2) is 4.98 Å². The predicted octanol–water partition coefficient (Wildman–Crippen LogP) is 14.8. The molecular weight excluding hydrogens is 715 g/mol. The van der Waals surface area contributed by atoms with E-state index in [2.05, 4.69) is 169 Å². The first-order valence-electron chi connectivity index (χ1n) is 19.5. The largest absolute Gasteiger partial charge is 0.435 e. The molecule has 0 unspecified atom stereocenters. The minimum absolute atomic E-state index is 0.129. The summed E-state index contributed by atoms with van der Waals surface area (Å²) in [4.78, 5) is 7.55. The van der Waals surface area contributed by atoms with Gasteiger partial charge >= 0.3 is 0 Å². The van der Waals surface area contributed by atoms with Crippen LogP contribution in [-0.2, 0) is 5.41 Å². The Bertz CT molecular complexity index is 3630. The van der Waals surface area contributed by atoms with Gasteiger partial charge in [-0.2, -0.15) is 0 Å². The van der Waals surface area contributed by atoms with Crippen molar-refractivity contribution < 1.29 is 4.42 Å². The Morgan fingerprint density at radius 1 is 0.544 bits per heavy atom. The third kappa shape index (κ3) is 4.19. The van der Waals surface area contributed by atoms with Crippen LogP contribution in [0.3, 0.4) is 0 Å². The van der Waals surface area contributed by atoms with Crippen molar-refractivity contribution in [3.05, 3.63) is 175 Å². The standard InChI is InChI=1S/C52H33N3OS/c1-52(2)41-17-9-6-14-34(41)35-23-20-32(27-42(35)52)54(33-21-24-38-37-16-8-11-19-46(37)57-47(38)28-33)31-22-25-45-40(26-31)48-49-39(36-15-7-10-18-44(36)55(45)49)29-43-50(48)56-51(53-43)30-12-4-3-5-13-30/h3-29H,1-2H3. The van der Waals surface area contributed by atoms with Crippen molar-refractivity contribution in [2.75, 3.05) is 4.90 Å². The molecular formula is C52H33N3OS. The normalized spacial score (nSPS) is 13.6. The van der Waals surface area contributed by atoms with Gasteiger partial charge in [0.2, 0.25) is 5.89 Å². The lowest BCUT2D eigenvalue weighted by Gasteiger charge is -2.28. The van der Waals surface area contributed by atoms with Gasteiger partial charge in [0.25, 0.3) is 0 Å². The zero-order valence-electron chi connectivity index (χ0n) is 31.2. The first-order chi connectivity index (χ1) is 28.0. The molecule has 0 saturated carbocycles. The van der Waals surface area contributed by atoms with Crippen LogP contribution in [0, 0.1) is 0 Å². The predicted molar refractivity (Wildman–Crippen MR) is 239 cm³/mol. The van der Waals surface area contributed by atoms with Crippen LogP contribution < -0.4 is 4.90 Å². The molecule has 57 heavy (non-hydrogen) atoms. The summed E-state index contributed by atoms with van der Waals surface area (Å²) in [6.45, 7) is 4.71. The Hall–Kier alpha value is -6.95. The fourth-order valence-electron chi connectivity index (χ4n) is 9.91. The molecule has 0 aliphatic heterocycles. The highest BCUT2D eigenvalue weighted by Gasteiger charge is 2.36. The topological polar surface area (TPSA) is 33.7 Å². The van der Waals surface area contributed by atoms with Crippen LogP contribution in [0.15, 0.2) is 168 Å². The number of anilines is 3. The summed E-state index contributed by atoms with van der Waals surface area (Å²) in [6.07, 6.45) is 0. The van der Waals surface area contributed by atoms with E-state index >= 15 is 0 Å². The lowest BCUT2D eigenvalue weighted by Crippen LogP contribution is -2.16. The number of aromatic nitrogens is 2. The van der Waals surface area contributed by atoms with E-state index in [0.717, 1.165) is 50.0 Å². The highest BCUT2D eigenvalue weighted by atomic mass is 32.1. The number of para-hydroxylation sites is 1. The highest BCUT2D eigenvalue weighted by molar-refractivity contribution is 7.25. The molecule has 0 N–H and O–H groups in total. The average molecular weight is 748 g/mol. The van der Waals surface area contributed by atoms with Crippen molar-refractivity contribution in [3.63, 3.8) is 0 Å². The van der Waals surface area contributed by atoms with Crippen molar-refractivity contribution in [2.45, 2.75) is 19.3 Å². The summed E-state index contributed by atoms with van der Waals surface area (Å²) < 4.78 is 11.8. The van der Waals surface area contributed by atoms with Crippen molar-refractivity contribution in [3.8, 4) is 22.6 Å². The second-order valence-electron chi connectivity index (χ2n) is 15.9. The van der Waals surface area contributed by atoms with E-state index in [9.17, 15) is 0 Å². The molecule has 4 nitrogen and oxygen atoms in total. The monoisotopic (exact) mass is 747 g/mol. The molecule has 13 rings (SSSR count). The Morgan fingerprint density at radius 2 is 1.23 bits per heavy atom. The Kier molecular flexibility index (Phi) is 6.09. The molecule has 5 heteroatoms. The summed E-state index contributed by atoms with van der Waals surface area (Å²) in [6, 6.07) is 59.7. The number of rotatable bonds is 4. The molecule has 0 fully saturated rings. The zero-order valence-corrected chi connectivity index (χ0v) is 32.1. The van der Waals surface area contributed by atoms with Crippen LogP contribution in [0.2, 0.25) is 0 Å². The van der Waals surface area contributed by atoms with Crippen molar-refractivity contribution in [1.82, 2.24) is 9.38 Å². The van der Waals surface area contributed by atoms with Gasteiger partial charge in [-0.1, -0.05) is 105 Å². The van der Waals surface area contributed by atoms with Gasteiger partial charge in [0.05, 0.1) is 21.9 Å². The fourth-order valence-corrected chi connectivity index (χ4v) is 11.0. The van der Waals surface area contributed by atoms with Crippen LogP contribution >= 0.6 is 11.3 Å². The van der Waals surface area contributed by atoms with Gasteiger partial charge in [-0.05, 0) is 95.1 Å². The van der Waals surface area contributed by atoms with Crippen LogP contribution in [-0.4, -0.2) is 9.38 Å². The maximum atomic E-state index is 6.78. The van der Waals surface area contributed by atoms with E-state index in [1.807, 2.05) is 29.5 Å². The molecule has 12 aromatic rings. The second-order valence-corrected chi connectivity index (χ2v) is 17.0. The molecule has 1 aliphatic carbocycles. The quantitative estimate of drug-likeness (QED) is 0.180. The summed E-state index contributed by atoms with van der Waals surface area (Å²) in [7, 11) is 0. The molecule has 268 valence electrons. The van der Waals surface area contributed by atoms with Gasteiger partial charge < -0.3 is 13.7 Å². The first-order valence-corrected chi connectivity index (χ1v) is 20.4. The number of thiophene rings is 1. The zero-order chi connectivity index (χ0) is 37.6. The Balaban J connectivity index is 1.10. The summed E-state index contributed by atoms with van der Waals surface area (Å²) in [5.41, 5.74) is 14.7. The van der Waals surface area contributed by atoms with E-state index in [-0.39, 0.29) is 5.41 Å². The molecule has 0 spiro atoms. The van der Waals surface area contributed by atoms with E-state index in [1.54, 1.807) is 0 Å². The molecule has 0 bridgehead atoms. The third-order valence-electron chi connectivity index (χ3n) is 12.5. The van der Waals surface area contributed by atoms with Crippen LogP contribution in [0.4, 0.5) is 17.1 Å². The van der Waals surface area contributed by atoms with Gasteiger partial charge in [-0.15, -0.1) is 11.3 Å². The third-order valence-corrected chi connectivity index (χ3v) is 13.7. The highest BCUT2D eigenvalue weighted by Crippen LogP contribution is 2.52. The van der Waals surface area contributed by atoms with Gasteiger partial charge in [0.1, 0.15) is 5.52 Å². The number of oxazole rings is 1. The lowest BCUT2D eigenvalue weighted by atomic mass is 9.82. The molecule has 4 aromatic heterocycles. The van der Waals surface area contributed by atoms with Gasteiger partial charge in [0, 0.05) is 64.4 Å². The first kappa shape index (κ1) is 31.3. The van der Waals surface area contributed by atoms with Gasteiger partial charge in [-0.3, -0.25) is 0 Å². The van der Waals surface area contributed by atoms with Crippen LogP contribution in [0.25, 0.3) is 91.9 Å². The maximum Gasteiger partial charge on any atom is 0.227 e. The Morgan fingerprint density at radius 3 is 2.14 bits per heavy atom. The summed E-state index contributed by atoms with van der Waals surface area (Å²) in [5, 5.41) is 7.23. The molecule has 8 aromatic carbocycles. The minimum atomic E-state index is -0.129. The smallest absolute Gasteiger partial charge is 0.227 e. The number of fused-ring (bicyclic) bond motifs is 14. The maximum absolute atomic E-state index is 6.78. The van der Waals surface area contributed by atoms with Gasteiger partial charge in [0.15, 0.2) is 5.58 Å². The summed E-state index contributed by atoms with van der Waals surface area (Å²) in [5.74, 6) is 0.634.